The van der Waals surface area contributed by atoms with E-state index in [0.29, 0.717) is 51.8 Å². The first kappa shape index (κ1) is 36.1. The van der Waals surface area contributed by atoms with Crippen LogP contribution in [-0.2, 0) is 23.9 Å². The van der Waals surface area contributed by atoms with Crippen LogP contribution in [0.25, 0.3) is 0 Å². The Balaban J connectivity index is 1.68. The van der Waals surface area contributed by atoms with Crippen molar-refractivity contribution in [3.63, 3.8) is 0 Å². The molecule has 1 aliphatic carbocycles. The highest BCUT2D eigenvalue weighted by Gasteiger charge is 2.43. The number of primary amides is 1. The molecule has 3 aliphatic rings. The van der Waals surface area contributed by atoms with E-state index in [1.54, 1.807) is 4.90 Å². The number of urea groups is 1. The first-order chi connectivity index (χ1) is 21.0. The molecule has 0 bridgehead atoms. The number of ether oxygens (including phenoxy) is 1. The number of amides is 6. The molecule has 13 nitrogen and oxygen atoms in total. The van der Waals surface area contributed by atoms with E-state index in [-0.39, 0.29) is 6.54 Å². The van der Waals surface area contributed by atoms with E-state index in [0.717, 1.165) is 18.8 Å². The second-order valence-corrected chi connectivity index (χ2v) is 15.0. The number of nitrogens with one attached hydrogen (secondary N) is 3. The number of hydrogen-bond donors (Lipinski definition) is 4. The summed E-state index contributed by atoms with van der Waals surface area (Å²) in [6.45, 7) is 12.8. The van der Waals surface area contributed by atoms with Crippen LogP contribution in [0.4, 0.5) is 9.59 Å². The summed E-state index contributed by atoms with van der Waals surface area (Å²) in [5, 5.41) is 8.51. The van der Waals surface area contributed by atoms with Crippen molar-refractivity contribution < 1.29 is 33.5 Å². The SMILES string of the molecule is CC(C)(C)[C@H](NC(=O)N[C@H](CN1CCCOC1=O)C(C)(C)C)C(=O)N1CCC[C@H]1C(=O)NC(CCCCC1CC1)C(=O)C(N)=O. The number of carbonyl (C=O) groups is 6. The first-order valence-corrected chi connectivity index (χ1v) is 16.4. The van der Waals surface area contributed by atoms with Crippen molar-refractivity contribution in [3.8, 4) is 0 Å². The zero-order chi connectivity index (χ0) is 33.5. The Hall–Kier alpha value is -3.38. The molecule has 45 heavy (non-hydrogen) atoms. The number of hydrogen-bond acceptors (Lipinski definition) is 7. The summed E-state index contributed by atoms with van der Waals surface area (Å²) in [5.41, 5.74) is 4.16. The van der Waals surface area contributed by atoms with E-state index in [1.807, 2.05) is 41.5 Å². The molecule has 6 amide bonds. The Morgan fingerprint density at radius 3 is 2.18 bits per heavy atom. The van der Waals surface area contributed by atoms with Crippen molar-refractivity contribution in [1.82, 2.24) is 25.8 Å². The van der Waals surface area contributed by atoms with Gasteiger partial charge in [0.05, 0.1) is 18.7 Å². The van der Waals surface area contributed by atoms with Gasteiger partial charge < -0.3 is 36.2 Å². The number of unbranched alkanes of at least 4 members (excludes halogenated alkanes) is 1. The van der Waals surface area contributed by atoms with Gasteiger partial charge in [-0.2, -0.15) is 0 Å². The molecule has 1 saturated carbocycles. The number of Topliss-reactive ketones (excluding diaryl/α,β-unsaturated/α-hetero) is 1. The van der Waals surface area contributed by atoms with Crippen LogP contribution in [-0.4, -0.2) is 95.8 Å². The normalized spacial score (nSPS) is 20.9. The largest absolute Gasteiger partial charge is 0.449 e. The van der Waals surface area contributed by atoms with Gasteiger partial charge in [-0.25, -0.2) is 9.59 Å². The highest BCUT2D eigenvalue weighted by Crippen LogP contribution is 2.34. The first-order valence-electron chi connectivity index (χ1n) is 16.4. The van der Waals surface area contributed by atoms with E-state index in [1.165, 1.54) is 17.7 Å². The highest BCUT2D eigenvalue weighted by atomic mass is 16.6. The molecule has 3 rings (SSSR count). The van der Waals surface area contributed by atoms with Gasteiger partial charge in [-0.15, -0.1) is 0 Å². The van der Waals surface area contributed by atoms with E-state index < -0.39 is 70.6 Å². The van der Waals surface area contributed by atoms with E-state index in [2.05, 4.69) is 16.0 Å². The molecule has 0 radical (unpaired) electrons. The van der Waals surface area contributed by atoms with Crippen molar-refractivity contribution in [1.29, 1.82) is 0 Å². The van der Waals surface area contributed by atoms with Crippen LogP contribution in [0.5, 0.6) is 0 Å². The summed E-state index contributed by atoms with van der Waals surface area (Å²) < 4.78 is 5.15. The standard InChI is InChI=1S/C32H54N6O7/c1-31(2,3)23(19-37-16-10-18-45-30(37)44)35-29(43)36-25(32(4,5)6)28(42)38-17-9-13-22(38)27(41)34-21(24(39)26(33)40)12-8-7-11-20-14-15-20/h20-23,25H,7-19H2,1-6H3,(H2,33,40)(H,34,41)(H2,35,36,43)/t21?,22-,23+,25+/m0/s1. The van der Waals surface area contributed by atoms with Crippen LogP contribution in [0.3, 0.4) is 0 Å². The number of rotatable bonds is 14. The van der Waals surface area contributed by atoms with Gasteiger partial charge in [-0.1, -0.05) is 73.6 Å². The summed E-state index contributed by atoms with van der Waals surface area (Å²) >= 11 is 0. The molecular formula is C32H54N6O7. The minimum Gasteiger partial charge on any atom is -0.449 e. The minimum atomic E-state index is -1.10. The number of nitrogens with zero attached hydrogens (tertiary/aromatic N) is 2. The molecule has 2 heterocycles. The maximum atomic E-state index is 14.0. The van der Waals surface area contributed by atoms with Crippen molar-refractivity contribution in [2.24, 2.45) is 22.5 Å². The minimum absolute atomic E-state index is 0.254. The zero-order valence-corrected chi connectivity index (χ0v) is 27.9. The topological polar surface area (TPSA) is 180 Å². The lowest BCUT2D eigenvalue weighted by Crippen LogP contribution is -2.62. The lowest BCUT2D eigenvalue weighted by atomic mass is 9.85. The van der Waals surface area contributed by atoms with Gasteiger partial charge in [0.15, 0.2) is 0 Å². The second-order valence-electron chi connectivity index (χ2n) is 15.0. The Morgan fingerprint density at radius 2 is 1.60 bits per heavy atom. The molecular weight excluding hydrogens is 580 g/mol. The van der Waals surface area contributed by atoms with Crippen LogP contribution in [0.2, 0.25) is 0 Å². The fraction of sp³-hybridized carbons (Fsp3) is 0.812. The van der Waals surface area contributed by atoms with Crippen LogP contribution < -0.4 is 21.7 Å². The third-order valence-electron chi connectivity index (χ3n) is 8.96. The molecule has 2 aliphatic heterocycles. The van der Waals surface area contributed by atoms with Crippen LogP contribution >= 0.6 is 0 Å². The molecule has 2 saturated heterocycles. The van der Waals surface area contributed by atoms with Crippen LogP contribution in [0.1, 0.15) is 99.3 Å². The molecule has 0 aromatic rings. The third kappa shape index (κ3) is 10.6. The van der Waals surface area contributed by atoms with Gasteiger partial charge in [-0.05, 0) is 42.4 Å². The second kappa shape index (κ2) is 15.3. The zero-order valence-electron chi connectivity index (χ0n) is 27.9. The van der Waals surface area contributed by atoms with Crippen molar-refractivity contribution in [3.05, 3.63) is 0 Å². The summed E-state index contributed by atoms with van der Waals surface area (Å²) in [6, 6.07) is -3.87. The van der Waals surface area contributed by atoms with Gasteiger partial charge in [0.1, 0.15) is 12.1 Å². The maximum absolute atomic E-state index is 14.0. The number of ketones is 1. The van der Waals surface area contributed by atoms with Gasteiger partial charge in [0.2, 0.25) is 17.6 Å². The lowest BCUT2D eigenvalue weighted by Gasteiger charge is -2.38. The number of nitrogens with two attached hydrogens (primary N) is 1. The molecule has 4 atom stereocenters. The number of carbonyl (C=O) groups excluding carboxylic acids is 6. The van der Waals surface area contributed by atoms with E-state index in [4.69, 9.17) is 10.5 Å². The Morgan fingerprint density at radius 1 is 0.911 bits per heavy atom. The van der Waals surface area contributed by atoms with Crippen LogP contribution in [0.15, 0.2) is 0 Å². The molecule has 254 valence electrons. The Bertz CT molecular complexity index is 1110. The summed E-state index contributed by atoms with van der Waals surface area (Å²) in [7, 11) is 0. The molecule has 13 heteroatoms. The average molecular weight is 635 g/mol. The smallest absolute Gasteiger partial charge is 0.409 e. The molecule has 1 unspecified atom stereocenters. The summed E-state index contributed by atoms with van der Waals surface area (Å²) in [5.74, 6) is -2.13. The number of cyclic esters (lactones) is 1. The molecule has 3 fully saturated rings. The molecule has 0 aromatic carbocycles. The summed E-state index contributed by atoms with van der Waals surface area (Å²) in [6.07, 6.45) is 6.63. The predicted molar refractivity (Wildman–Crippen MR) is 168 cm³/mol. The van der Waals surface area contributed by atoms with Crippen molar-refractivity contribution in [2.75, 3.05) is 26.2 Å². The van der Waals surface area contributed by atoms with Gasteiger partial charge in [0, 0.05) is 19.6 Å². The average Bonchev–Trinajstić information content (AvgIpc) is 3.64. The summed E-state index contributed by atoms with van der Waals surface area (Å²) in [4.78, 5) is 80.4. The maximum Gasteiger partial charge on any atom is 0.409 e. The molecule has 0 spiro atoms. The molecule has 0 aromatic heterocycles. The van der Waals surface area contributed by atoms with Crippen molar-refractivity contribution in [2.45, 2.75) is 123 Å². The quantitative estimate of drug-likeness (QED) is 0.167. The van der Waals surface area contributed by atoms with Crippen LogP contribution in [0, 0.1) is 16.7 Å². The fourth-order valence-corrected chi connectivity index (χ4v) is 5.86. The van der Waals surface area contributed by atoms with Gasteiger partial charge in [-0.3, -0.25) is 19.2 Å². The Kier molecular flexibility index (Phi) is 12.2. The monoisotopic (exact) mass is 634 g/mol. The Labute approximate surface area is 267 Å². The van der Waals surface area contributed by atoms with E-state index in [9.17, 15) is 28.8 Å². The van der Waals surface area contributed by atoms with Gasteiger partial charge >= 0.3 is 12.1 Å². The van der Waals surface area contributed by atoms with E-state index >= 15 is 0 Å². The third-order valence-corrected chi connectivity index (χ3v) is 8.96. The predicted octanol–water partition coefficient (Wildman–Crippen LogP) is 2.46. The number of likely N-dealkylation sites (tertiary alicyclic amines) is 1. The molecule has 5 N–H and O–H groups in total. The van der Waals surface area contributed by atoms with Gasteiger partial charge in [0.25, 0.3) is 5.91 Å². The van der Waals surface area contributed by atoms with Crippen molar-refractivity contribution >= 4 is 35.6 Å². The highest BCUT2D eigenvalue weighted by molar-refractivity contribution is 6.37. The lowest BCUT2D eigenvalue weighted by molar-refractivity contribution is -0.143. The fourth-order valence-electron chi connectivity index (χ4n) is 5.86.